The molecule has 0 aromatic heterocycles. The minimum atomic E-state index is -0.523. The van der Waals surface area contributed by atoms with Gasteiger partial charge in [-0.2, -0.15) is 0 Å². The maximum Gasteiger partial charge on any atom is 0.165 e. The second kappa shape index (κ2) is 4.57. The maximum absolute atomic E-state index is 10.6. The van der Waals surface area contributed by atoms with Crippen molar-refractivity contribution in [3.8, 4) is 0 Å². The van der Waals surface area contributed by atoms with E-state index in [1.165, 1.54) is 0 Å². The number of rotatable bonds is 4. The van der Waals surface area contributed by atoms with Gasteiger partial charge in [0.15, 0.2) is 5.03 Å². The van der Waals surface area contributed by atoms with Crippen LogP contribution >= 0.6 is 0 Å². The van der Waals surface area contributed by atoms with Crippen molar-refractivity contribution in [1.82, 2.24) is 0 Å². The van der Waals surface area contributed by atoms with Gasteiger partial charge in [0, 0.05) is 0 Å². The van der Waals surface area contributed by atoms with Crippen LogP contribution in [0.15, 0.2) is 24.3 Å². The smallest absolute Gasteiger partial charge is 0.165 e. The minimum absolute atomic E-state index is 0.00352. The molecule has 0 spiro atoms. The summed E-state index contributed by atoms with van der Waals surface area (Å²) in [5, 5.41) is 19.7. The molecule has 1 rings (SSSR count). The fourth-order valence-electron chi connectivity index (χ4n) is 1.19. The molecule has 5 heteroatoms. The van der Waals surface area contributed by atoms with Crippen LogP contribution in [0.3, 0.4) is 0 Å². The largest absolute Gasteiger partial charge is 0.394 e. The summed E-state index contributed by atoms with van der Waals surface area (Å²) in [4.78, 5) is 10.6. The Kier molecular flexibility index (Phi) is 3.41. The van der Waals surface area contributed by atoms with Crippen molar-refractivity contribution in [3.05, 3.63) is 39.9 Å². The Morgan fingerprint density at radius 3 is 2.79 bits per heavy atom. The molecule has 0 atom stereocenters. The standard InChI is InChI=1S/C9H12N2O3/c1-8-3-2-4-9(7-8)10(5-6-12)11(13)14/h2-4,7,12H,5-6H2,1H3. The van der Waals surface area contributed by atoms with Crippen LogP contribution < -0.4 is 5.01 Å². The molecule has 0 radical (unpaired) electrons. The lowest BCUT2D eigenvalue weighted by molar-refractivity contribution is -0.495. The summed E-state index contributed by atoms with van der Waals surface area (Å²) in [6, 6.07) is 6.96. The Labute approximate surface area is 81.7 Å². The first-order valence-corrected chi connectivity index (χ1v) is 4.24. The van der Waals surface area contributed by atoms with E-state index in [9.17, 15) is 10.1 Å². The molecule has 1 N–H and O–H groups in total. The van der Waals surface area contributed by atoms with Crippen LogP contribution in [-0.2, 0) is 0 Å². The molecule has 0 unspecified atom stereocenters. The van der Waals surface area contributed by atoms with Gasteiger partial charge in [0.2, 0.25) is 0 Å². The highest BCUT2D eigenvalue weighted by molar-refractivity contribution is 5.45. The van der Waals surface area contributed by atoms with Crippen molar-refractivity contribution in [3.63, 3.8) is 0 Å². The molecular weight excluding hydrogens is 184 g/mol. The third kappa shape index (κ3) is 2.43. The van der Waals surface area contributed by atoms with Crippen LogP contribution in [-0.4, -0.2) is 23.3 Å². The Hall–Kier alpha value is -1.62. The first-order valence-electron chi connectivity index (χ1n) is 4.24. The van der Waals surface area contributed by atoms with Crippen LogP contribution in [0.5, 0.6) is 0 Å². The number of nitrogens with zero attached hydrogens (tertiary/aromatic N) is 2. The topological polar surface area (TPSA) is 66.6 Å². The van der Waals surface area contributed by atoms with Crippen LogP contribution in [0.4, 0.5) is 5.69 Å². The van der Waals surface area contributed by atoms with E-state index in [-0.39, 0.29) is 13.2 Å². The molecule has 0 saturated heterocycles. The molecule has 1 aromatic carbocycles. The number of aliphatic hydroxyl groups is 1. The van der Waals surface area contributed by atoms with Gasteiger partial charge in [-0.3, -0.25) is 0 Å². The van der Waals surface area contributed by atoms with Gasteiger partial charge in [-0.15, -0.1) is 0 Å². The van der Waals surface area contributed by atoms with Crippen LogP contribution in [0.1, 0.15) is 5.56 Å². The molecule has 1 aromatic rings. The molecule has 0 aliphatic heterocycles. The predicted molar refractivity (Wildman–Crippen MR) is 52.6 cm³/mol. The third-order valence-electron chi connectivity index (χ3n) is 1.81. The number of nitro groups is 1. The number of aryl methyl sites for hydroxylation is 1. The van der Waals surface area contributed by atoms with Gasteiger partial charge in [0.25, 0.3) is 0 Å². The monoisotopic (exact) mass is 196 g/mol. The zero-order valence-corrected chi connectivity index (χ0v) is 7.88. The molecule has 14 heavy (non-hydrogen) atoms. The molecular formula is C9H12N2O3. The number of hydrogen-bond donors (Lipinski definition) is 1. The molecule has 0 bridgehead atoms. The zero-order valence-electron chi connectivity index (χ0n) is 7.88. The fourth-order valence-corrected chi connectivity index (χ4v) is 1.19. The summed E-state index contributed by atoms with van der Waals surface area (Å²) in [6.45, 7) is 1.62. The van der Waals surface area contributed by atoms with E-state index >= 15 is 0 Å². The number of aliphatic hydroxyl groups excluding tert-OH is 1. The number of anilines is 1. The molecule has 0 saturated carbocycles. The predicted octanol–water partition coefficient (Wildman–Crippen LogP) is 0.985. The number of benzene rings is 1. The second-order valence-electron chi connectivity index (χ2n) is 2.92. The summed E-state index contributed by atoms with van der Waals surface area (Å²) in [5.41, 5.74) is 1.44. The van der Waals surface area contributed by atoms with E-state index < -0.39 is 5.03 Å². The highest BCUT2D eigenvalue weighted by atomic mass is 16.7. The van der Waals surface area contributed by atoms with Crippen LogP contribution in [0.25, 0.3) is 0 Å². The van der Waals surface area contributed by atoms with Gasteiger partial charge in [-0.1, -0.05) is 17.1 Å². The first-order chi connectivity index (χ1) is 6.65. The van der Waals surface area contributed by atoms with E-state index in [1.54, 1.807) is 18.2 Å². The normalized spacial score (nSPS) is 9.86. The van der Waals surface area contributed by atoms with Crippen molar-refractivity contribution in [2.45, 2.75) is 6.92 Å². The summed E-state index contributed by atoms with van der Waals surface area (Å²) in [7, 11) is 0. The Morgan fingerprint density at radius 1 is 1.57 bits per heavy atom. The Balaban J connectivity index is 2.93. The second-order valence-corrected chi connectivity index (χ2v) is 2.92. The fraction of sp³-hybridized carbons (Fsp3) is 0.333. The molecule has 0 aliphatic carbocycles. The van der Waals surface area contributed by atoms with E-state index in [1.807, 2.05) is 13.0 Å². The average molecular weight is 196 g/mol. The quantitative estimate of drug-likeness (QED) is 0.576. The summed E-state index contributed by atoms with van der Waals surface area (Å²) < 4.78 is 0. The Bertz CT molecular complexity index is 328. The van der Waals surface area contributed by atoms with Crippen molar-refractivity contribution in [2.75, 3.05) is 18.2 Å². The minimum Gasteiger partial charge on any atom is -0.394 e. The van der Waals surface area contributed by atoms with E-state index in [0.717, 1.165) is 10.6 Å². The van der Waals surface area contributed by atoms with Gasteiger partial charge < -0.3 is 5.11 Å². The van der Waals surface area contributed by atoms with Crippen LogP contribution in [0.2, 0.25) is 0 Å². The van der Waals surface area contributed by atoms with Crippen LogP contribution in [0, 0.1) is 17.0 Å². The van der Waals surface area contributed by atoms with E-state index in [0.29, 0.717) is 5.69 Å². The molecule has 0 fully saturated rings. The van der Waals surface area contributed by atoms with Crippen molar-refractivity contribution >= 4 is 5.69 Å². The Morgan fingerprint density at radius 2 is 2.29 bits per heavy atom. The highest BCUT2D eigenvalue weighted by Crippen LogP contribution is 2.15. The van der Waals surface area contributed by atoms with Gasteiger partial charge in [-0.25, -0.2) is 10.1 Å². The third-order valence-corrected chi connectivity index (χ3v) is 1.81. The van der Waals surface area contributed by atoms with E-state index in [2.05, 4.69) is 0 Å². The average Bonchev–Trinajstić information content (AvgIpc) is 2.13. The SMILES string of the molecule is Cc1cccc(N(CCO)[N+](=O)[O-])c1. The maximum atomic E-state index is 10.6. The zero-order chi connectivity index (χ0) is 10.6. The van der Waals surface area contributed by atoms with Crippen molar-refractivity contribution in [1.29, 1.82) is 0 Å². The molecule has 76 valence electrons. The summed E-state index contributed by atoms with van der Waals surface area (Å²) in [6.07, 6.45) is 0. The lowest BCUT2D eigenvalue weighted by Gasteiger charge is -2.12. The molecule has 0 heterocycles. The van der Waals surface area contributed by atoms with Crippen molar-refractivity contribution in [2.24, 2.45) is 0 Å². The first kappa shape index (κ1) is 10.5. The van der Waals surface area contributed by atoms with Gasteiger partial charge in [0.1, 0.15) is 12.2 Å². The number of hydrazine groups is 1. The van der Waals surface area contributed by atoms with E-state index in [4.69, 9.17) is 5.11 Å². The van der Waals surface area contributed by atoms with Gasteiger partial charge >= 0.3 is 0 Å². The lowest BCUT2D eigenvalue weighted by Crippen LogP contribution is -2.32. The highest BCUT2D eigenvalue weighted by Gasteiger charge is 2.15. The van der Waals surface area contributed by atoms with Gasteiger partial charge in [-0.05, 0) is 24.6 Å². The summed E-state index contributed by atoms with van der Waals surface area (Å²) >= 11 is 0. The number of hydrogen-bond acceptors (Lipinski definition) is 3. The molecule has 5 nitrogen and oxygen atoms in total. The lowest BCUT2D eigenvalue weighted by atomic mass is 10.2. The van der Waals surface area contributed by atoms with Crippen molar-refractivity contribution < 1.29 is 10.1 Å². The summed E-state index contributed by atoms with van der Waals surface area (Å²) in [5.74, 6) is 0. The molecule has 0 aliphatic rings. The van der Waals surface area contributed by atoms with Gasteiger partial charge in [0.05, 0.1) is 6.61 Å². The molecule has 0 amide bonds.